The molecule has 0 aromatic carbocycles. The fraction of sp³-hybridized carbons (Fsp3) is 0.429. The van der Waals surface area contributed by atoms with Gasteiger partial charge in [0, 0.05) is 51.2 Å². The Balaban J connectivity index is 0.000000968. The van der Waals surface area contributed by atoms with Crippen molar-refractivity contribution in [2.24, 2.45) is 5.34 Å². The molecule has 0 spiro atoms. The van der Waals surface area contributed by atoms with Crippen LogP contribution < -0.4 is 15.1 Å². The van der Waals surface area contributed by atoms with Crippen molar-refractivity contribution in [2.45, 2.75) is 26.8 Å². The molecule has 4 heterocycles. The molecule has 176 valence electrons. The van der Waals surface area contributed by atoms with Gasteiger partial charge in [0.2, 0.25) is 0 Å². The predicted octanol–water partition coefficient (Wildman–Crippen LogP) is 2.30. The average molecular weight is 457 g/mol. The van der Waals surface area contributed by atoms with Gasteiger partial charge >= 0.3 is 5.97 Å². The summed E-state index contributed by atoms with van der Waals surface area (Å²) in [5.74, 6) is 0.449. The highest BCUT2D eigenvalue weighted by atomic mass is 16.6. The van der Waals surface area contributed by atoms with Crippen molar-refractivity contribution in [2.75, 3.05) is 42.5 Å². The summed E-state index contributed by atoms with van der Waals surface area (Å²) in [6.07, 6.45) is 5.09. The minimum Gasteiger partial charge on any atom is -0.478 e. The van der Waals surface area contributed by atoms with Crippen LogP contribution in [0.15, 0.2) is 36.2 Å². The van der Waals surface area contributed by atoms with Crippen molar-refractivity contribution in [1.82, 2.24) is 24.8 Å². The zero-order valence-corrected chi connectivity index (χ0v) is 18.8. The highest BCUT2D eigenvalue weighted by Gasteiger charge is 2.26. The molecule has 0 bridgehead atoms. The van der Waals surface area contributed by atoms with Crippen LogP contribution in [0.4, 0.5) is 11.5 Å². The van der Waals surface area contributed by atoms with Gasteiger partial charge < -0.3 is 25.4 Å². The number of hydrogen-bond acceptors (Lipinski definition) is 9. The molecule has 12 heteroatoms. The van der Waals surface area contributed by atoms with Crippen molar-refractivity contribution in [3.8, 4) is 5.82 Å². The molecule has 33 heavy (non-hydrogen) atoms. The van der Waals surface area contributed by atoms with E-state index < -0.39 is 5.97 Å². The third kappa shape index (κ3) is 4.85. The van der Waals surface area contributed by atoms with Crippen molar-refractivity contribution >= 4 is 28.5 Å². The fourth-order valence-electron chi connectivity index (χ4n) is 4.06. The van der Waals surface area contributed by atoms with Gasteiger partial charge in [0.1, 0.15) is 18.0 Å². The van der Waals surface area contributed by atoms with Gasteiger partial charge in [-0.1, -0.05) is 0 Å². The molecule has 3 aromatic rings. The molecule has 0 unspecified atom stereocenters. The maximum Gasteiger partial charge on any atom is 0.335 e. The van der Waals surface area contributed by atoms with Crippen molar-refractivity contribution in [3.05, 3.63) is 41.3 Å². The van der Waals surface area contributed by atoms with E-state index in [1.165, 1.54) is 17.6 Å². The number of rotatable bonds is 6. The molecule has 0 aliphatic carbocycles. The SMILES string of the molecule is CCN(CC)c1cn(-c2cc(C(=O)O)ccn2)c2ncnc(N3CCNC[C@@H]3C)c12.O=NO. The number of piperazine rings is 1. The van der Waals surface area contributed by atoms with E-state index in [9.17, 15) is 9.90 Å². The van der Waals surface area contributed by atoms with Gasteiger partial charge in [-0.2, -0.15) is 0 Å². The first-order chi connectivity index (χ1) is 16.0. The lowest BCUT2D eigenvalue weighted by atomic mass is 10.2. The van der Waals surface area contributed by atoms with Crippen molar-refractivity contribution in [1.29, 1.82) is 0 Å². The monoisotopic (exact) mass is 456 g/mol. The van der Waals surface area contributed by atoms with Crippen LogP contribution in [0.25, 0.3) is 16.9 Å². The molecule has 0 amide bonds. The minimum absolute atomic E-state index is 0.191. The molecule has 3 N–H and O–H groups in total. The summed E-state index contributed by atoms with van der Waals surface area (Å²) in [6, 6.07) is 3.37. The van der Waals surface area contributed by atoms with Gasteiger partial charge in [-0.3, -0.25) is 4.57 Å². The number of nitrogens with one attached hydrogen (secondary N) is 1. The summed E-state index contributed by atoms with van der Waals surface area (Å²) in [5.41, 5.74) is 1.94. The van der Waals surface area contributed by atoms with Crippen LogP contribution in [0.1, 0.15) is 31.1 Å². The Morgan fingerprint density at radius 2 is 2.03 bits per heavy atom. The normalized spacial score (nSPS) is 15.6. The van der Waals surface area contributed by atoms with Gasteiger partial charge in [0.15, 0.2) is 11.0 Å². The first-order valence-corrected chi connectivity index (χ1v) is 10.7. The number of anilines is 2. The summed E-state index contributed by atoms with van der Waals surface area (Å²) in [5, 5.41) is 21.7. The summed E-state index contributed by atoms with van der Waals surface area (Å²) in [6.45, 7) is 10.8. The Morgan fingerprint density at radius 3 is 2.67 bits per heavy atom. The number of fused-ring (bicyclic) bond motifs is 1. The van der Waals surface area contributed by atoms with Crippen LogP contribution >= 0.6 is 0 Å². The highest BCUT2D eigenvalue weighted by Crippen LogP contribution is 2.36. The Morgan fingerprint density at radius 1 is 1.30 bits per heavy atom. The number of aromatic carboxylic acids is 1. The number of pyridine rings is 1. The van der Waals surface area contributed by atoms with Gasteiger partial charge in [-0.15, -0.1) is 4.91 Å². The predicted molar refractivity (Wildman–Crippen MR) is 124 cm³/mol. The molecule has 1 aliphatic heterocycles. The Bertz CT molecular complexity index is 1110. The number of carbonyl (C=O) groups is 1. The molecule has 4 rings (SSSR count). The van der Waals surface area contributed by atoms with E-state index in [2.05, 4.69) is 50.8 Å². The molecular formula is C21H28N8O4. The number of hydrogen-bond donors (Lipinski definition) is 3. The summed E-state index contributed by atoms with van der Waals surface area (Å²) in [7, 11) is 0. The molecule has 1 fully saturated rings. The summed E-state index contributed by atoms with van der Waals surface area (Å²) >= 11 is 0. The van der Waals surface area contributed by atoms with Gasteiger partial charge in [-0.25, -0.2) is 19.7 Å². The van der Waals surface area contributed by atoms with Gasteiger partial charge in [-0.05, 0) is 32.9 Å². The summed E-state index contributed by atoms with van der Waals surface area (Å²) in [4.78, 5) is 37.8. The lowest BCUT2D eigenvalue weighted by Gasteiger charge is -2.35. The molecule has 1 saturated heterocycles. The molecule has 1 atom stereocenters. The van der Waals surface area contributed by atoms with Crippen LogP contribution in [-0.4, -0.2) is 74.6 Å². The smallest absolute Gasteiger partial charge is 0.335 e. The number of carboxylic acid groups (broad SMARTS) is 1. The largest absolute Gasteiger partial charge is 0.478 e. The van der Waals surface area contributed by atoms with Gasteiger partial charge in [0.05, 0.1) is 16.6 Å². The van der Waals surface area contributed by atoms with Crippen molar-refractivity contribution < 1.29 is 15.1 Å². The first-order valence-electron chi connectivity index (χ1n) is 10.7. The third-order valence-corrected chi connectivity index (χ3v) is 5.66. The number of carboxylic acids is 1. The van der Waals surface area contributed by atoms with Crippen LogP contribution in [0.3, 0.4) is 0 Å². The van der Waals surface area contributed by atoms with E-state index in [4.69, 9.17) is 10.1 Å². The third-order valence-electron chi connectivity index (χ3n) is 5.66. The molecular weight excluding hydrogens is 428 g/mol. The molecule has 1 aliphatic rings. The second-order valence-corrected chi connectivity index (χ2v) is 7.49. The van der Waals surface area contributed by atoms with E-state index in [0.717, 1.165) is 55.3 Å². The van der Waals surface area contributed by atoms with E-state index in [1.54, 1.807) is 12.4 Å². The number of nitrogens with zero attached hydrogens (tertiary/aromatic N) is 7. The van der Waals surface area contributed by atoms with Crippen LogP contribution in [0.5, 0.6) is 0 Å². The number of aromatic nitrogens is 4. The Kier molecular flexibility index (Phi) is 7.72. The zero-order valence-electron chi connectivity index (χ0n) is 18.8. The average Bonchev–Trinajstić information content (AvgIpc) is 3.21. The van der Waals surface area contributed by atoms with Crippen LogP contribution in [-0.2, 0) is 0 Å². The molecule has 0 radical (unpaired) electrons. The Hall–Kier alpha value is -3.80. The lowest BCUT2D eigenvalue weighted by molar-refractivity contribution is 0.0696. The standard InChI is InChI=1S/C21H27N7O2.HNO2/c1-4-26(5-2)16-12-28(17-10-15(21(29)30)6-7-23-17)20-18(16)19(24-13-25-20)27-9-8-22-11-14(27)3;2-1-3/h6-7,10,12-14,22H,4-5,8-9,11H2,1-3H3,(H,29,30);(H,2,3)/t14-;/m0./s1. The van der Waals surface area contributed by atoms with Crippen LogP contribution in [0, 0.1) is 4.91 Å². The topological polar surface area (TPSA) is 149 Å². The fourth-order valence-corrected chi connectivity index (χ4v) is 4.06. The van der Waals surface area contributed by atoms with Crippen molar-refractivity contribution in [3.63, 3.8) is 0 Å². The Labute approximate surface area is 190 Å². The van der Waals surface area contributed by atoms with E-state index >= 15 is 0 Å². The molecule has 0 saturated carbocycles. The summed E-state index contributed by atoms with van der Waals surface area (Å²) < 4.78 is 1.87. The molecule has 3 aromatic heterocycles. The van der Waals surface area contributed by atoms with E-state index in [1.807, 2.05) is 10.8 Å². The minimum atomic E-state index is -0.982. The zero-order chi connectivity index (χ0) is 24.0. The van der Waals surface area contributed by atoms with E-state index in [0.29, 0.717) is 11.9 Å². The maximum atomic E-state index is 11.5. The quantitative estimate of drug-likeness (QED) is 0.372. The molecule has 12 nitrogen and oxygen atoms in total. The van der Waals surface area contributed by atoms with E-state index in [-0.39, 0.29) is 5.56 Å². The maximum absolute atomic E-state index is 11.5. The van der Waals surface area contributed by atoms with Crippen LogP contribution in [0.2, 0.25) is 0 Å². The highest BCUT2D eigenvalue weighted by molar-refractivity contribution is 6.00. The second kappa shape index (κ2) is 10.7. The van der Waals surface area contributed by atoms with Gasteiger partial charge in [0.25, 0.3) is 0 Å². The first kappa shape index (κ1) is 23.9. The second-order valence-electron chi connectivity index (χ2n) is 7.49. The lowest BCUT2D eigenvalue weighted by Crippen LogP contribution is -2.50.